The van der Waals surface area contributed by atoms with E-state index < -0.39 is 0 Å². The molecule has 4 heteroatoms. The molecular formula is C18H18FNO2. The fourth-order valence-electron chi connectivity index (χ4n) is 2.60. The van der Waals surface area contributed by atoms with Crippen molar-refractivity contribution in [2.75, 3.05) is 0 Å². The zero-order valence-corrected chi connectivity index (χ0v) is 12.2. The fraction of sp³-hybridized carbons (Fsp3) is 0.278. The van der Waals surface area contributed by atoms with Crippen molar-refractivity contribution in [1.29, 1.82) is 0 Å². The predicted octanol–water partition coefficient (Wildman–Crippen LogP) is 4.06. The van der Waals surface area contributed by atoms with Crippen LogP contribution in [-0.4, -0.2) is 5.91 Å². The Morgan fingerprint density at radius 2 is 2.05 bits per heavy atom. The highest BCUT2D eigenvalue weighted by atomic mass is 19.1. The molecule has 0 fully saturated rings. The fourth-order valence-corrected chi connectivity index (χ4v) is 2.60. The molecule has 1 heterocycles. The van der Waals surface area contributed by atoms with Gasteiger partial charge in [-0.05, 0) is 55.2 Å². The van der Waals surface area contributed by atoms with Gasteiger partial charge in [-0.2, -0.15) is 0 Å². The van der Waals surface area contributed by atoms with Crippen molar-refractivity contribution in [3.8, 4) is 11.3 Å². The second-order valence-corrected chi connectivity index (χ2v) is 5.52. The standard InChI is InChI=1S/C18H18FNO2/c19-15-7-5-14(6-8-15)17-10-9-16(22-17)12-20-18(21)11-13-3-1-2-4-13/h1,3,5-10,13H,2,4,11-12H2,(H,20,21)/t13-/m1/s1. The third-order valence-corrected chi connectivity index (χ3v) is 3.81. The molecule has 1 N–H and O–H groups in total. The van der Waals surface area contributed by atoms with E-state index >= 15 is 0 Å². The van der Waals surface area contributed by atoms with Crippen LogP contribution < -0.4 is 5.32 Å². The maximum Gasteiger partial charge on any atom is 0.220 e. The molecule has 0 saturated carbocycles. The molecule has 1 aromatic carbocycles. The number of rotatable bonds is 5. The van der Waals surface area contributed by atoms with Crippen molar-refractivity contribution >= 4 is 5.91 Å². The Morgan fingerprint density at radius 3 is 2.77 bits per heavy atom. The minimum absolute atomic E-state index is 0.0382. The number of nitrogens with one attached hydrogen (secondary N) is 1. The van der Waals surface area contributed by atoms with E-state index in [1.807, 2.05) is 12.1 Å². The number of carbonyl (C=O) groups is 1. The summed E-state index contributed by atoms with van der Waals surface area (Å²) in [6, 6.07) is 9.79. The van der Waals surface area contributed by atoms with E-state index in [4.69, 9.17) is 4.42 Å². The largest absolute Gasteiger partial charge is 0.459 e. The Kier molecular flexibility index (Phi) is 4.37. The maximum atomic E-state index is 12.9. The quantitative estimate of drug-likeness (QED) is 0.846. The SMILES string of the molecule is O=C(C[C@@H]1C=CCC1)NCc1ccc(-c2ccc(F)cc2)o1. The normalized spacial score (nSPS) is 16.9. The average molecular weight is 299 g/mol. The van der Waals surface area contributed by atoms with Gasteiger partial charge in [0, 0.05) is 12.0 Å². The molecule has 22 heavy (non-hydrogen) atoms. The van der Waals surface area contributed by atoms with Crippen molar-refractivity contribution in [1.82, 2.24) is 5.32 Å². The lowest BCUT2D eigenvalue weighted by Gasteiger charge is -2.07. The molecule has 1 aliphatic carbocycles. The second kappa shape index (κ2) is 6.60. The van der Waals surface area contributed by atoms with Crippen LogP contribution in [0.2, 0.25) is 0 Å². The highest BCUT2D eigenvalue weighted by Gasteiger charge is 2.14. The Bertz CT molecular complexity index is 673. The minimum Gasteiger partial charge on any atom is -0.459 e. The van der Waals surface area contributed by atoms with Gasteiger partial charge in [0.2, 0.25) is 5.91 Å². The minimum atomic E-state index is -0.274. The molecular weight excluding hydrogens is 281 g/mol. The van der Waals surface area contributed by atoms with Crippen LogP contribution in [0.3, 0.4) is 0 Å². The molecule has 0 aliphatic heterocycles. The Hall–Kier alpha value is -2.36. The van der Waals surface area contributed by atoms with Crippen LogP contribution in [0.25, 0.3) is 11.3 Å². The summed E-state index contributed by atoms with van der Waals surface area (Å²) in [6.07, 6.45) is 6.89. The lowest BCUT2D eigenvalue weighted by atomic mass is 10.1. The maximum absolute atomic E-state index is 12.9. The number of amides is 1. The number of benzene rings is 1. The summed E-state index contributed by atoms with van der Waals surface area (Å²) in [4.78, 5) is 11.9. The molecule has 0 bridgehead atoms. The third-order valence-electron chi connectivity index (χ3n) is 3.81. The highest BCUT2D eigenvalue weighted by Crippen LogP contribution is 2.23. The summed E-state index contributed by atoms with van der Waals surface area (Å²) in [5.74, 6) is 1.49. The zero-order chi connectivity index (χ0) is 15.4. The number of furan rings is 1. The topological polar surface area (TPSA) is 42.2 Å². The summed E-state index contributed by atoms with van der Waals surface area (Å²) >= 11 is 0. The van der Waals surface area contributed by atoms with Crippen LogP contribution in [-0.2, 0) is 11.3 Å². The van der Waals surface area contributed by atoms with Gasteiger partial charge in [0.05, 0.1) is 6.54 Å². The van der Waals surface area contributed by atoms with E-state index in [0.29, 0.717) is 30.4 Å². The number of carbonyl (C=O) groups excluding carboxylic acids is 1. The molecule has 1 aliphatic rings. The van der Waals surface area contributed by atoms with Gasteiger partial charge in [0.15, 0.2) is 0 Å². The Balaban J connectivity index is 1.54. The van der Waals surface area contributed by atoms with Gasteiger partial charge in [-0.25, -0.2) is 4.39 Å². The smallest absolute Gasteiger partial charge is 0.220 e. The monoisotopic (exact) mass is 299 g/mol. The van der Waals surface area contributed by atoms with Crippen molar-refractivity contribution in [3.05, 3.63) is 60.1 Å². The van der Waals surface area contributed by atoms with Crippen molar-refractivity contribution in [3.63, 3.8) is 0 Å². The van der Waals surface area contributed by atoms with Gasteiger partial charge in [0.25, 0.3) is 0 Å². The highest BCUT2D eigenvalue weighted by molar-refractivity contribution is 5.76. The van der Waals surface area contributed by atoms with Crippen LogP contribution >= 0.6 is 0 Å². The van der Waals surface area contributed by atoms with E-state index in [2.05, 4.69) is 17.5 Å². The van der Waals surface area contributed by atoms with E-state index in [1.54, 1.807) is 12.1 Å². The first-order valence-electron chi connectivity index (χ1n) is 7.49. The molecule has 1 amide bonds. The molecule has 1 aromatic heterocycles. The number of hydrogen-bond donors (Lipinski definition) is 1. The summed E-state index contributed by atoms with van der Waals surface area (Å²) in [6.45, 7) is 0.371. The van der Waals surface area contributed by atoms with E-state index in [-0.39, 0.29) is 11.7 Å². The van der Waals surface area contributed by atoms with Crippen LogP contribution in [0.5, 0.6) is 0 Å². The van der Waals surface area contributed by atoms with Gasteiger partial charge in [-0.1, -0.05) is 12.2 Å². The molecule has 114 valence electrons. The van der Waals surface area contributed by atoms with Gasteiger partial charge in [0.1, 0.15) is 17.3 Å². The first kappa shape index (κ1) is 14.6. The molecule has 2 aromatic rings. The van der Waals surface area contributed by atoms with E-state index in [9.17, 15) is 9.18 Å². The van der Waals surface area contributed by atoms with Gasteiger partial charge >= 0.3 is 0 Å². The van der Waals surface area contributed by atoms with Crippen LogP contribution in [0.1, 0.15) is 25.0 Å². The van der Waals surface area contributed by atoms with Gasteiger partial charge < -0.3 is 9.73 Å². The summed E-state index contributed by atoms with van der Waals surface area (Å²) < 4.78 is 18.6. The van der Waals surface area contributed by atoms with E-state index in [1.165, 1.54) is 12.1 Å². The summed E-state index contributed by atoms with van der Waals surface area (Å²) in [5.41, 5.74) is 0.815. The van der Waals surface area contributed by atoms with Crippen LogP contribution in [0, 0.1) is 11.7 Å². The average Bonchev–Trinajstić information content (AvgIpc) is 3.17. The summed E-state index contributed by atoms with van der Waals surface area (Å²) in [7, 11) is 0. The van der Waals surface area contributed by atoms with Crippen LogP contribution in [0.15, 0.2) is 53.0 Å². The lowest BCUT2D eigenvalue weighted by Crippen LogP contribution is -2.24. The molecule has 1 atom stereocenters. The molecule has 0 unspecified atom stereocenters. The Labute approximate surface area is 128 Å². The van der Waals surface area contributed by atoms with Crippen molar-refractivity contribution in [2.24, 2.45) is 5.92 Å². The van der Waals surface area contributed by atoms with Crippen molar-refractivity contribution < 1.29 is 13.6 Å². The number of hydrogen-bond acceptors (Lipinski definition) is 2. The lowest BCUT2D eigenvalue weighted by molar-refractivity contribution is -0.121. The summed E-state index contributed by atoms with van der Waals surface area (Å²) in [5, 5.41) is 2.87. The first-order chi connectivity index (χ1) is 10.7. The molecule has 3 nitrogen and oxygen atoms in total. The molecule has 0 saturated heterocycles. The predicted molar refractivity (Wildman–Crippen MR) is 82.4 cm³/mol. The van der Waals surface area contributed by atoms with Gasteiger partial charge in [-0.3, -0.25) is 4.79 Å². The second-order valence-electron chi connectivity index (χ2n) is 5.52. The zero-order valence-electron chi connectivity index (χ0n) is 12.2. The van der Waals surface area contributed by atoms with E-state index in [0.717, 1.165) is 18.4 Å². The molecule has 3 rings (SSSR count). The van der Waals surface area contributed by atoms with Gasteiger partial charge in [-0.15, -0.1) is 0 Å². The third kappa shape index (κ3) is 3.64. The first-order valence-corrected chi connectivity index (χ1v) is 7.49. The Morgan fingerprint density at radius 1 is 1.23 bits per heavy atom. The molecule has 0 radical (unpaired) electrons. The van der Waals surface area contributed by atoms with Crippen LogP contribution in [0.4, 0.5) is 4.39 Å². The number of halogens is 1. The van der Waals surface area contributed by atoms with Crippen molar-refractivity contribution in [2.45, 2.75) is 25.8 Å². The molecule has 0 spiro atoms. The number of allylic oxidation sites excluding steroid dienone is 2.